The molecule has 0 unspecified atom stereocenters. The Morgan fingerprint density at radius 1 is 1.50 bits per heavy atom. The van der Waals surface area contributed by atoms with E-state index in [4.69, 9.17) is 5.73 Å². The largest absolute Gasteiger partial charge is 0.394 e. The molecule has 4 heteroatoms. The first-order valence-corrected chi connectivity index (χ1v) is 4.84. The Labute approximate surface area is 85.0 Å². The molecule has 0 atom stereocenters. The highest BCUT2D eigenvalue weighted by Crippen LogP contribution is 2.21. The van der Waals surface area contributed by atoms with E-state index in [1.54, 1.807) is 6.20 Å². The first-order chi connectivity index (χ1) is 6.55. The summed E-state index contributed by atoms with van der Waals surface area (Å²) in [4.78, 5) is 7.90. The Morgan fingerprint density at radius 3 is 2.79 bits per heavy atom. The Morgan fingerprint density at radius 2 is 2.21 bits per heavy atom. The van der Waals surface area contributed by atoms with Crippen LogP contribution in [0.3, 0.4) is 0 Å². The van der Waals surface area contributed by atoms with Crippen LogP contribution >= 0.6 is 0 Å². The molecular formula is C10H18N4. The molecule has 0 spiro atoms. The zero-order valence-electron chi connectivity index (χ0n) is 9.04. The van der Waals surface area contributed by atoms with Crippen molar-refractivity contribution in [3.8, 4) is 0 Å². The lowest BCUT2D eigenvalue weighted by Gasteiger charge is -2.23. The standard InChI is InChI=1S/C10H18N4/c1-4-10(2,3)6-13-9-8(11)5-12-7-14-9/h5,7H,4,6,11H2,1-3H3,(H,12,13,14). The minimum absolute atomic E-state index is 0.261. The van der Waals surface area contributed by atoms with Gasteiger partial charge in [-0.05, 0) is 11.8 Å². The molecule has 14 heavy (non-hydrogen) atoms. The van der Waals surface area contributed by atoms with E-state index in [1.165, 1.54) is 6.33 Å². The maximum absolute atomic E-state index is 5.70. The molecule has 0 aliphatic carbocycles. The quantitative estimate of drug-likeness (QED) is 0.768. The molecule has 0 bridgehead atoms. The van der Waals surface area contributed by atoms with Crippen LogP contribution in [0.15, 0.2) is 12.5 Å². The van der Waals surface area contributed by atoms with E-state index in [9.17, 15) is 0 Å². The number of anilines is 2. The summed E-state index contributed by atoms with van der Waals surface area (Å²) in [6.45, 7) is 7.45. The van der Waals surface area contributed by atoms with Gasteiger partial charge in [0.05, 0.1) is 11.9 Å². The summed E-state index contributed by atoms with van der Waals surface area (Å²) >= 11 is 0. The molecule has 1 rings (SSSR count). The zero-order valence-corrected chi connectivity index (χ0v) is 9.04. The molecule has 78 valence electrons. The molecule has 0 aliphatic heterocycles. The lowest BCUT2D eigenvalue weighted by Crippen LogP contribution is -2.22. The van der Waals surface area contributed by atoms with Crippen LogP contribution in [0.4, 0.5) is 11.5 Å². The third-order valence-corrected chi connectivity index (χ3v) is 2.43. The molecule has 0 saturated heterocycles. The molecule has 1 aromatic heterocycles. The van der Waals surface area contributed by atoms with Gasteiger partial charge >= 0.3 is 0 Å². The first kappa shape index (κ1) is 10.8. The number of nitrogen functional groups attached to an aromatic ring is 1. The molecule has 1 aromatic rings. The molecule has 0 radical (unpaired) electrons. The predicted molar refractivity (Wildman–Crippen MR) is 59.0 cm³/mol. The van der Waals surface area contributed by atoms with Gasteiger partial charge in [-0.3, -0.25) is 0 Å². The van der Waals surface area contributed by atoms with Gasteiger partial charge in [-0.25, -0.2) is 9.97 Å². The number of nitrogens with zero attached hydrogens (tertiary/aromatic N) is 2. The fourth-order valence-corrected chi connectivity index (χ4v) is 0.936. The van der Waals surface area contributed by atoms with Crippen LogP contribution in [0.2, 0.25) is 0 Å². The van der Waals surface area contributed by atoms with Gasteiger partial charge in [-0.1, -0.05) is 20.8 Å². The van der Waals surface area contributed by atoms with E-state index in [0.717, 1.165) is 18.8 Å². The molecule has 3 N–H and O–H groups in total. The van der Waals surface area contributed by atoms with Gasteiger partial charge in [-0.2, -0.15) is 0 Å². The van der Waals surface area contributed by atoms with Crippen molar-refractivity contribution >= 4 is 11.5 Å². The van der Waals surface area contributed by atoms with Crippen molar-refractivity contribution in [2.75, 3.05) is 17.6 Å². The first-order valence-electron chi connectivity index (χ1n) is 4.84. The summed E-state index contributed by atoms with van der Waals surface area (Å²) in [7, 11) is 0. The van der Waals surface area contributed by atoms with Gasteiger partial charge < -0.3 is 11.1 Å². The van der Waals surface area contributed by atoms with Crippen LogP contribution < -0.4 is 11.1 Å². The highest BCUT2D eigenvalue weighted by atomic mass is 15.0. The Balaban J connectivity index is 2.58. The van der Waals surface area contributed by atoms with Crippen LogP contribution in [0.1, 0.15) is 27.2 Å². The fourth-order valence-electron chi connectivity index (χ4n) is 0.936. The summed E-state index contributed by atoms with van der Waals surface area (Å²) in [6, 6.07) is 0. The molecule has 0 aromatic carbocycles. The molecule has 1 heterocycles. The third-order valence-electron chi connectivity index (χ3n) is 2.43. The Kier molecular flexibility index (Phi) is 3.28. The van der Waals surface area contributed by atoms with Crippen molar-refractivity contribution in [1.82, 2.24) is 9.97 Å². The van der Waals surface area contributed by atoms with Crippen molar-refractivity contribution in [3.05, 3.63) is 12.5 Å². The van der Waals surface area contributed by atoms with E-state index in [1.807, 2.05) is 0 Å². The fraction of sp³-hybridized carbons (Fsp3) is 0.600. The van der Waals surface area contributed by atoms with Crippen LogP contribution in [0.5, 0.6) is 0 Å². The predicted octanol–water partition coefficient (Wildman–Crippen LogP) is 1.91. The monoisotopic (exact) mass is 194 g/mol. The number of hydrogen-bond acceptors (Lipinski definition) is 4. The Hall–Kier alpha value is -1.32. The second kappa shape index (κ2) is 4.26. The topological polar surface area (TPSA) is 63.8 Å². The zero-order chi connectivity index (χ0) is 10.6. The van der Waals surface area contributed by atoms with E-state index < -0.39 is 0 Å². The van der Waals surface area contributed by atoms with Crippen LogP contribution in [-0.4, -0.2) is 16.5 Å². The highest BCUT2D eigenvalue weighted by Gasteiger charge is 2.15. The lowest BCUT2D eigenvalue weighted by molar-refractivity contribution is 0.376. The minimum atomic E-state index is 0.261. The van der Waals surface area contributed by atoms with Crippen molar-refractivity contribution in [3.63, 3.8) is 0 Å². The summed E-state index contributed by atoms with van der Waals surface area (Å²) in [5.74, 6) is 0.724. The van der Waals surface area contributed by atoms with Crippen molar-refractivity contribution in [2.45, 2.75) is 27.2 Å². The number of hydrogen-bond donors (Lipinski definition) is 2. The smallest absolute Gasteiger partial charge is 0.152 e. The molecular weight excluding hydrogens is 176 g/mol. The number of aromatic nitrogens is 2. The molecule has 0 saturated carbocycles. The van der Waals surface area contributed by atoms with Gasteiger partial charge in [0.25, 0.3) is 0 Å². The summed E-state index contributed by atoms with van der Waals surface area (Å²) < 4.78 is 0. The molecule has 0 fully saturated rings. The van der Waals surface area contributed by atoms with E-state index in [2.05, 4.69) is 36.1 Å². The van der Waals surface area contributed by atoms with Crippen molar-refractivity contribution in [2.24, 2.45) is 5.41 Å². The third kappa shape index (κ3) is 2.87. The lowest BCUT2D eigenvalue weighted by atomic mass is 9.90. The highest BCUT2D eigenvalue weighted by molar-refractivity contribution is 5.58. The average Bonchev–Trinajstić information content (AvgIpc) is 2.17. The van der Waals surface area contributed by atoms with Gasteiger partial charge in [0.1, 0.15) is 6.33 Å². The summed E-state index contributed by atoms with van der Waals surface area (Å²) in [6.07, 6.45) is 4.22. The maximum Gasteiger partial charge on any atom is 0.152 e. The normalized spacial score (nSPS) is 11.4. The van der Waals surface area contributed by atoms with Gasteiger partial charge in [-0.15, -0.1) is 0 Å². The van der Waals surface area contributed by atoms with Crippen molar-refractivity contribution in [1.29, 1.82) is 0 Å². The number of nitrogens with two attached hydrogens (primary N) is 1. The van der Waals surface area contributed by atoms with Gasteiger partial charge in [0.2, 0.25) is 0 Å². The second-order valence-electron chi connectivity index (χ2n) is 4.20. The van der Waals surface area contributed by atoms with Crippen LogP contribution in [-0.2, 0) is 0 Å². The van der Waals surface area contributed by atoms with Crippen LogP contribution in [0.25, 0.3) is 0 Å². The van der Waals surface area contributed by atoms with Gasteiger partial charge in [0, 0.05) is 6.54 Å². The minimum Gasteiger partial charge on any atom is -0.394 e. The number of rotatable bonds is 4. The van der Waals surface area contributed by atoms with Crippen molar-refractivity contribution < 1.29 is 0 Å². The van der Waals surface area contributed by atoms with E-state index in [0.29, 0.717) is 5.69 Å². The average molecular weight is 194 g/mol. The molecule has 4 nitrogen and oxygen atoms in total. The SMILES string of the molecule is CCC(C)(C)CNc1ncncc1N. The maximum atomic E-state index is 5.70. The number of nitrogens with one attached hydrogen (secondary N) is 1. The molecule has 0 aliphatic rings. The van der Waals surface area contributed by atoms with Gasteiger partial charge in [0.15, 0.2) is 5.82 Å². The van der Waals surface area contributed by atoms with E-state index in [-0.39, 0.29) is 5.41 Å². The summed E-state index contributed by atoms with van der Waals surface area (Å²) in [5.41, 5.74) is 6.56. The summed E-state index contributed by atoms with van der Waals surface area (Å²) in [5, 5.41) is 3.23. The van der Waals surface area contributed by atoms with E-state index >= 15 is 0 Å². The Bertz CT molecular complexity index is 296. The van der Waals surface area contributed by atoms with Crippen LogP contribution in [0, 0.1) is 5.41 Å². The molecule has 0 amide bonds. The second-order valence-corrected chi connectivity index (χ2v) is 4.20.